The van der Waals surface area contributed by atoms with Crippen LogP contribution < -0.4 is 10.1 Å². The molecule has 0 radical (unpaired) electrons. The number of ether oxygens (including phenoxy) is 2. The normalized spacial score (nSPS) is 20.2. The van der Waals surface area contributed by atoms with Crippen LogP contribution in [-0.4, -0.2) is 32.9 Å². The molecule has 4 heteroatoms. The summed E-state index contributed by atoms with van der Waals surface area (Å²) >= 11 is 3.50. The number of morpholine rings is 1. The summed E-state index contributed by atoms with van der Waals surface area (Å²) in [4.78, 5) is 0. The average Bonchev–Trinajstić information content (AvgIpc) is 2.38. The molecule has 0 aromatic heterocycles. The van der Waals surface area contributed by atoms with Crippen molar-refractivity contribution in [2.75, 3.05) is 26.9 Å². The monoisotopic (exact) mass is 299 g/mol. The SMILES string of the molecule is COc1ccc(Br)cc1CCC1COCCN1. The lowest BCUT2D eigenvalue weighted by atomic mass is 10.0. The standard InChI is InChI=1S/C13H18BrNO2/c1-16-13-5-3-11(14)8-10(13)2-4-12-9-17-7-6-15-12/h3,5,8,12,15H,2,4,6-7,9H2,1H3. The van der Waals surface area contributed by atoms with Crippen LogP contribution in [0, 0.1) is 0 Å². The van der Waals surface area contributed by atoms with E-state index in [2.05, 4.69) is 27.3 Å². The zero-order chi connectivity index (χ0) is 12.1. The first-order valence-corrected chi connectivity index (χ1v) is 6.72. The van der Waals surface area contributed by atoms with Crippen LogP contribution in [-0.2, 0) is 11.2 Å². The first-order valence-electron chi connectivity index (χ1n) is 5.93. The first-order chi connectivity index (χ1) is 8.29. The minimum Gasteiger partial charge on any atom is -0.496 e. The molecule has 0 amide bonds. The Morgan fingerprint density at radius 1 is 1.53 bits per heavy atom. The molecule has 1 atom stereocenters. The number of aryl methyl sites for hydroxylation is 1. The summed E-state index contributed by atoms with van der Waals surface area (Å²) in [7, 11) is 1.72. The Labute approximate surface area is 111 Å². The van der Waals surface area contributed by atoms with Crippen molar-refractivity contribution in [2.45, 2.75) is 18.9 Å². The van der Waals surface area contributed by atoms with E-state index in [0.29, 0.717) is 6.04 Å². The molecular weight excluding hydrogens is 282 g/mol. The van der Waals surface area contributed by atoms with Crippen molar-refractivity contribution >= 4 is 15.9 Å². The largest absolute Gasteiger partial charge is 0.496 e. The Balaban J connectivity index is 1.95. The summed E-state index contributed by atoms with van der Waals surface area (Å²) < 4.78 is 11.9. The summed E-state index contributed by atoms with van der Waals surface area (Å²) in [6, 6.07) is 6.60. The van der Waals surface area contributed by atoms with Crippen molar-refractivity contribution in [2.24, 2.45) is 0 Å². The Bertz CT molecular complexity index is 364. The van der Waals surface area contributed by atoms with Crippen LogP contribution in [0.3, 0.4) is 0 Å². The van der Waals surface area contributed by atoms with Crippen LogP contribution in [0.5, 0.6) is 5.75 Å². The maximum Gasteiger partial charge on any atom is 0.122 e. The second kappa shape index (κ2) is 6.38. The third-order valence-corrected chi connectivity index (χ3v) is 3.50. The number of methoxy groups -OCH3 is 1. The topological polar surface area (TPSA) is 30.5 Å². The molecule has 0 bridgehead atoms. The number of benzene rings is 1. The van der Waals surface area contributed by atoms with E-state index in [1.807, 2.05) is 12.1 Å². The first kappa shape index (κ1) is 12.9. The van der Waals surface area contributed by atoms with Gasteiger partial charge in [0.1, 0.15) is 5.75 Å². The van der Waals surface area contributed by atoms with Gasteiger partial charge in [-0.05, 0) is 36.6 Å². The second-order valence-corrected chi connectivity index (χ2v) is 5.14. The molecule has 1 unspecified atom stereocenters. The Morgan fingerprint density at radius 3 is 3.12 bits per heavy atom. The van der Waals surface area contributed by atoms with Crippen LogP contribution in [0.1, 0.15) is 12.0 Å². The maximum absolute atomic E-state index is 5.45. The van der Waals surface area contributed by atoms with Gasteiger partial charge in [0.15, 0.2) is 0 Å². The lowest BCUT2D eigenvalue weighted by Crippen LogP contribution is -2.41. The van der Waals surface area contributed by atoms with E-state index in [-0.39, 0.29) is 0 Å². The van der Waals surface area contributed by atoms with Crippen LogP contribution >= 0.6 is 15.9 Å². The fourth-order valence-electron chi connectivity index (χ4n) is 2.08. The van der Waals surface area contributed by atoms with Gasteiger partial charge >= 0.3 is 0 Å². The van der Waals surface area contributed by atoms with Crippen molar-refractivity contribution in [1.82, 2.24) is 5.32 Å². The van der Waals surface area contributed by atoms with Crippen LogP contribution in [0.25, 0.3) is 0 Å². The number of hydrogen-bond donors (Lipinski definition) is 1. The fraction of sp³-hybridized carbons (Fsp3) is 0.538. The zero-order valence-corrected chi connectivity index (χ0v) is 11.6. The molecule has 94 valence electrons. The van der Waals surface area contributed by atoms with Gasteiger partial charge in [-0.15, -0.1) is 0 Å². The molecule has 1 aliphatic rings. The van der Waals surface area contributed by atoms with Gasteiger partial charge in [0.25, 0.3) is 0 Å². The van der Waals surface area contributed by atoms with Crippen molar-refractivity contribution in [3.8, 4) is 5.75 Å². The van der Waals surface area contributed by atoms with Crippen molar-refractivity contribution in [1.29, 1.82) is 0 Å². The zero-order valence-electron chi connectivity index (χ0n) is 10.0. The molecule has 1 fully saturated rings. The van der Waals surface area contributed by atoms with E-state index < -0.39 is 0 Å². The van der Waals surface area contributed by atoms with Gasteiger partial charge in [0, 0.05) is 17.1 Å². The molecule has 3 nitrogen and oxygen atoms in total. The highest BCUT2D eigenvalue weighted by molar-refractivity contribution is 9.10. The van der Waals surface area contributed by atoms with Gasteiger partial charge in [0.2, 0.25) is 0 Å². The molecule has 2 rings (SSSR count). The van der Waals surface area contributed by atoms with Gasteiger partial charge in [-0.2, -0.15) is 0 Å². The number of rotatable bonds is 4. The van der Waals surface area contributed by atoms with Gasteiger partial charge < -0.3 is 14.8 Å². The lowest BCUT2D eigenvalue weighted by Gasteiger charge is -2.24. The van der Waals surface area contributed by atoms with E-state index in [1.54, 1.807) is 7.11 Å². The highest BCUT2D eigenvalue weighted by atomic mass is 79.9. The molecule has 1 heterocycles. The maximum atomic E-state index is 5.45. The van der Waals surface area contributed by atoms with Gasteiger partial charge in [-0.3, -0.25) is 0 Å². The van der Waals surface area contributed by atoms with Crippen molar-refractivity contribution in [3.05, 3.63) is 28.2 Å². The van der Waals surface area contributed by atoms with E-state index in [0.717, 1.165) is 42.8 Å². The number of nitrogens with one attached hydrogen (secondary N) is 1. The Morgan fingerprint density at radius 2 is 2.41 bits per heavy atom. The number of halogens is 1. The molecule has 1 aliphatic heterocycles. The van der Waals surface area contributed by atoms with Gasteiger partial charge in [-0.25, -0.2) is 0 Å². The highest BCUT2D eigenvalue weighted by Gasteiger charge is 2.13. The smallest absolute Gasteiger partial charge is 0.122 e. The number of hydrogen-bond acceptors (Lipinski definition) is 3. The van der Waals surface area contributed by atoms with E-state index in [1.165, 1.54) is 5.56 Å². The van der Waals surface area contributed by atoms with Crippen LogP contribution in [0.15, 0.2) is 22.7 Å². The summed E-state index contributed by atoms with van der Waals surface area (Å²) in [6.45, 7) is 2.60. The molecule has 0 aliphatic carbocycles. The summed E-state index contributed by atoms with van der Waals surface area (Å²) in [5.74, 6) is 0.963. The van der Waals surface area contributed by atoms with Gasteiger partial charge in [0.05, 0.1) is 20.3 Å². The van der Waals surface area contributed by atoms with Crippen molar-refractivity contribution in [3.63, 3.8) is 0 Å². The summed E-state index contributed by atoms with van der Waals surface area (Å²) in [6.07, 6.45) is 2.08. The lowest BCUT2D eigenvalue weighted by molar-refractivity contribution is 0.0743. The quantitative estimate of drug-likeness (QED) is 0.926. The molecule has 1 aromatic carbocycles. The predicted molar refractivity (Wildman–Crippen MR) is 71.6 cm³/mol. The minimum atomic E-state index is 0.465. The van der Waals surface area contributed by atoms with E-state index >= 15 is 0 Å². The highest BCUT2D eigenvalue weighted by Crippen LogP contribution is 2.24. The molecule has 17 heavy (non-hydrogen) atoms. The molecule has 0 spiro atoms. The third-order valence-electron chi connectivity index (χ3n) is 3.00. The van der Waals surface area contributed by atoms with Crippen molar-refractivity contribution < 1.29 is 9.47 Å². The Hall–Kier alpha value is -0.580. The molecule has 0 saturated carbocycles. The Kier molecular flexibility index (Phi) is 4.83. The predicted octanol–water partition coefficient (Wildman–Crippen LogP) is 2.38. The average molecular weight is 300 g/mol. The second-order valence-electron chi connectivity index (χ2n) is 4.22. The van der Waals surface area contributed by atoms with Gasteiger partial charge in [-0.1, -0.05) is 15.9 Å². The summed E-state index contributed by atoms with van der Waals surface area (Å²) in [5, 5.41) is 3.46. The van der Waals surface area contributed by atoms with E-state index in [4.69, 9.17) is 9.47 Å². The van der Waals surface area contributed by atoms with Crippen LogP contribution in [0.4, 0.5) is 0 Å². The fourth-order valence-corrected chi connectivity index (χ4v) is 2.49. The van der Waals surface area contributed by atoms with Crippen LogP contribution in [0.2, 0.25) is 0 Å². The third kappa shape index (κ3) is 3.69. The van der Waals surface area contributed by atoms with E-state index in [9.17, 15) is 0 Å². The minimum absolute atomic E-state index is 0.465. The molecule has 1 N–H and O–H groups in total. The molecule has 1 saturated heterocycles. The summed E-state index contributed by atoms with van der Waals surface area (Å²) in [5.41, 5.74) is 1.24. The molecule has 1 aromatic rings. The molecular formula is C13H18BrNO2.